The molecule has 2 heterocycles. The van der Waals surface area contributed by atoms with Crippen molar-refractivity contribution >= 4 is 27.5 Å². The number of ketones is 1. The van der Waals surface area contributed by atoms with Crippen molar-refractivity contribution in [2.45, 2.75) is 30.2 Å². The Balaban J connectivity index is 1.73. The number of aliphatic hydroxyl groups excluding tert-OH is 1. The van der Waals surface area contributed by atoms with E-state index in [0.717, 1.165) is 19.3 Å². The molecule has 1 unspecified atom stereocenters. The Labute approximate surface area is 203 Å². The molecule has 186 valence electrons. The van der Waals surface area contributed by atoms with Crippen LogP contribution in [0, 0.1) is 5.82 Å². The quantitative estimate of drug-likeness (QED) is 0.355. The summed E-state index contributed by atoms with van der Waals surface area (Å²) in [6.07, 6.45) is 2.62. The number of halogens is 1. The number of benzene rings is 2. The van der Waals surface area contributed by atoms with Gasteiger partial charge in [-0.15, -0.1) is 0 Å². The number of rotatable bonds is 7. The van der Waals surface area contributed by atoms with Gasteiger partial charge >= 0.3 is 0 Å². The lowest BCUT2D eigenvalue weighted by molar-refractivity contribution is -0.140. The summed E-state index contributed by atoms with van der Waals surface area (Å²) >= 11 is 0. The third kappa shape index (κ3) is 4.86. The number of likely N-dealkylation sites (tertiary alicyclic amines) is 1. The smallest absolute Gasteiger partial charge is 0.295 e. The van der Waals surface area contributed by atoms with Crippen LogP contribution in [-0.2, 0) is 24.3 Å². The largest absolute Gasteiger partial charge is 0.507 e. The molecule has 1 atom stereocenters. The average Bonchev–Trinajstić information content (AvgIpc) is 3.13. The normalized spacial score (nSPS) is 21.0. The number of Topliss-reactive ketones (excluding diaryl/α,β-unsaturated/α-hetero) is 1. The molecule has 0 bridgehead atoms. The number of nitrogens with zero attached hydrogens (tertiary/aromatic N) is 2. The number of aliphatic hydroxyl groups is 1. The van der Waals surface area contributed by atoms with Gasteiger partial charge in [0, 0.05) is 32.3 Å². The second-order valence-electron chi connectivity index (χ2n) is 8.53. The molecule has 0 radical (unpaired) electrons. The first-order chi connectivity index (χ1) is 16.8. The summed E-state index contributed by atoms with van der Waals surface area (Å²) in [6, 6.07) is 9.98. The Hall–Kier alpha value is -3.08. The van der Waals surface area contributed by atoms with Crippen LogP contribution in [0.2, 0.25) is 0 Å². The fraction of sp³-hybridized carbons (Fsp3) is 0.360. The van der Waals surface area contributed by atoms with Gasteiger partial charge in [-0.1, -0.05) is 18.6 Å². The first-order valence-corrected chi connectivity index (χ1v) is 12.8. The topological polar surface area (TPSA) is 104 Å². The minimum absolute atomic E-state index is 0.0894. The van der Waals surface area contributed by atoms with E-state index in [-0.39, 0.29) is 29.2 Å². The molecule has 2 fully saturated rings. The SMILES string of the molecule is COCCN1C(=O)C(=O)C(=C(O)c2ccc(S(=O)(=O)N3CCCCC3)cc2)C1c1ccc(F)cc1. The van der Waals surface area contributed by atoms with Crippen LogP contribution in [0.3, 0.4) is 0 Å². The molecule has 35 heavy (non-hydrogen) atoms. The van der Waals surface area contributed by atoms with Gasteiger partial charge in [0.05, 0.1) is 23.1 Å². The predicted octanol–water partition coefficient (Wildman–Crippen LogP) is 3.07. The van der Waals surface area contributed by atoms with E-state index >= 15 is 0 Å². The molecule has 0 aromatic heterocycles. The van der Waals surface area contributed by atoms with E-state index in [1.54, 1.807) is 0 Å². The molecule has 2 aromatic rings. The fourth-order valence-corrected chi connectivity index (χ4v) is 6.00. The van der Waals surface area contributed by atoms with E-state index < -0.39 is 39.3 Å². The summed E-state index contributed by atoms with van der Waals surface area (Å²) < 4.78 is 45.9. The Kier molecular flexibility index (Phi) is 7.34. The number of ether oxygens (including phenoxy) is 1. The van der Waals surface area contributed by atoms with Crippen LogP contribution in [-0.4, -0.2) is 67.8 Å². The summed E-state index contributed by atoms with van der Waals surface area (Å²) in [5, 5.41) is 11.1. The van der Waals surface area contributed by atoms with Gasteiger partial charge in [0.15, 0.2) is 0 Å². The number of amides is 1. The molecule has 2 aliphatic heterocycles. The van der Waals surface area contributed by atoms with Gasteiger partial charge in [-0.05, 0) is 54.8 Å². The highest BCUT2D eigenvalue weighted by Gasteiger charge is 2.45. The van der Waals surface area contributed by atoms with Crippen molar-refractivity contribution < 1.29 is 32.2 Å². The second-order valence-corrected chi connectivity index (χ2v) is 10.5. The summed E-state index contributed by atoms with van der Waals surface area (Å²) in [5.41, 5.74) is 0.497. The van der Waals surface area contributed by atoms with Crippen LogP contribution in [0.5, 0.6) is 0 Å². The highest BCUT2D eigenvalue weighted by Crippen LogP contribution is 2.39. The number of hydrogen-bond donors (Lipinski definition) is 1. The Morgan fingerprint density at radius 1 is 1.03 bits per heavy atom. The van der Waals surface area contributed by atoms with E-state index in [4.69, 9.17) is 4.74 Å². The maximum absolute atomic E-state index is 13.5. The van der Waals surface area contributed by atoms with E-state index in [1.165, 1.54) is 64.8 Å². The molecule has 0 spiro atoms. The zero-order chi connectivity index (χ0) is 25.2. The number of piperidine rings is 1. The van der Waals surface area contributed by atoms with Crippen molar-refractivity contribution in [1.29, 1.82) is 0 Å². The van der Waals surface area contributed by atoms with Crippen LogP contribution in [0.25, 0.3) is 5.76 Å². The van der Waals surface area contributed by atoms with Crippen molar-refractivity contribution in [1.82, 2.24) is 9.21 Å². The van der Waals surface area contributed by atoms with Gasteiger partial charge < -0.3 is 14.7 Å². The first-order valence-electron chi connectivity index (χ1n) is 11.4. The van der Waals surface area contributed by atoms with E-state index in [9.17, 15) is 27.5 Å². The standard InChI is InChI=1S/C25H27FN2O6S/c1-34-16-15-28-22(17-5-9-19(26)10-6-17)21(24(30)25(28)31)23(29)18-7-11-20(12-8-18)35(32,33)27-13-3-2-4-14-27/h5-12,22,29H,2-4,13-16H2,1H3. The van der Waals surface area contributed by atoms with E-state index in [1.807, 2.05) is 0 Å². The van der Waals surface area contributed by atoms with Crippen molar-refractivity contribution in [2.24, 2.45) is 0 Å². The molecule has 2 aliphatic rings. The molecular weight excluding hydrogens is 475 g/mol. The summed E-state index contributed by atoms with van der Waals surface area (Å²) in [5.74, 6) is -2.59. The summed E-state index contributed by atoms with van der Waals surface area (Å²) in [7, 11) is -2.20. The zero-order valence-corrected chi connectivity index (χ0v) is 20.1. The van der Waals surface area contributed by atoms with E-state index in [2.05, 4.69) is 0 Å². The minimum atomic E-state index is -3.66. The number of hydrogen-bond acceptors (Lipinski definition) is 6. The van der Waals surface area contributed by atoms with Crippen LogP contribution >= 0.6 is 0 Å². The highest BCUT2D eigenvalue weighted by molar-refractivity contribution is 7.89. The molecule has 0 saturated carbocycles. The zero-order valence-electron chi connectivity index (χ0n) is 19.3. The Bertz CT molecular complexity index is 1240. The maximum Gasteiger partial charge on any atom is 0.295 e. The van der Waals surface area contributed by atoms with Crippen molar-refractivity contribution in [3.05, 3.63) is 71.0 Å². The van der Waals surface area contributed by atoms with Crippen molar-refractivity contribution in [3.8, 4) is 0 Å². The number of carbonyl (C=O) groups is 2. The lowest BCUT2D eigenvalue weighted by Gasteiger charge is -2.26. The predicted molar refractivity (Wildman–Crippen MR) is 126 cm³/mol. The number of methoxy groups -OCH3 is 1. The molecule has 4 rings (SSSR count). The minimum Gasteiger partial charge on any atom is -0.507 e. The van der Waals surface area contributed by atoms with Gasteiger partial charge in [0.25, 0.3) is 11.7 Å². The third-order valence-electron chi connectivity index (χ3n) is 6.34. The van der Waals surface area contributed by atoms with Gasteiger partial charge in [0.1, 0.15) is 11.6 Å². The highest BCUT2D eigenvalue weighted by atomic mass is 32.2. The monoisotopic (exact) mass is 502 g/mol. The lowest BCUT2D eigenvalue weighted by Crippen LogP contribution is -2.35. The summed E-state index contributed by atoms with van der Waals surface area (Å²) in [6.45, 7) is 1.18. The fourth-order valence-electron chi connectivity index (χ4n) is 4.49. The Morgan fingerprint density at radius 2 is 1.66 bits per heavy atom. The molecule has 1 N–H and O–H groups in total. The summed E-state index contributed by atoms with van der Waals surface area (Å²) in [4.78, 5) is 27.1. The molecule has 2 aromatic carbocycles. The second kappa shape index (κ2) is 10.3. The molecular formula is C25H27FN2O6S. The van der Waals surface area contributed by atoms with Gasteiger partial charge in [-0.2, -0.15) is 4.31 Å². The average molecular weight is 503 g/mol. The molecule has 10 heteroatoms. The molecule has 2 saturated heterocycles. The van der Waals surface area contributed by atoms with Gasteiger partial charge in [-0.3, -0.25) is 9.59 Å². The molecule has 0 aliphatic carbocycles. The number of sulfonamides is 1. The van der Waals surface area contributed by atoms with Crippen LogP contribution in [0.4, 0.5) is 4.39 Å². The third-order valence-corrected chi connectivity index (χ3v) is 8.26. The van der Waals surface area contributed by atoms with Crippen molar-refractivity contribution in [2.75, 3.05) is 33.4 Å². The maximum atomic E-state index is 13.5. The van der Waals surface area contributed by atoms with Crippen molar-refractivity contribution in [3.63, 3.8) is 0 Å². The van der Waals surface area contributed by atoms with Crippen LogP contribution in [0.1, 0.15) is 36.4 Å². The first kappa shape index (κ1) is 25.0. The van der Waals surface area contributed by atoms with Crippen LogP contribution in [0.15, 0.2) is 59.0 Å². The van der Waals surface area contributed by atoms with Gasteiger partial charge in [-0.25, -0.2) is 12.8 Å². The van der Waals surface area contributed by atoms with E-state index in [0.29, 0.717) is 18.7 Å². The molecule has 8 nitrogen and oxygen atoms in total. The lowest BCUT2D eigenvalue weighted by atomic mass is 9.95. The van der Waals surface area contributed by atoms with Crippen LogP contribution < -0.4 is 0 Å². The van der Waals surface area contributed by atoms with Gasteiger partial charge in [0.2, 0.25) is 10.0 Å². The molecule has 1 amide bonds. The Morgan fingerprint density at radius 3 is 2.26 bits per heavy atom. The number of carbonyl (C=O) groups excluding carboxylic acids is 2.